The lowest BCUT2D eigenvalue weighted by atomic mass is 10.1. The molecular formula is C17H24O3S. The second kappa shape index (κ2) is 8.44. The minimum Gasteiger partial charge on any atom is -0.448 e. The fourth-order valence-corrected chi connectivity index (χ4v) is 3.51. The number of aryl methyl sites for hydroxylation is 1. The lowest BCUT2D eigenvalue weighted by Gasteiger charge is -2.13. The van der Waals surface area contributed by atoms with Gasteiger partial charge in [-0.05, 0) is 38.3 Å². The smallest absolute Gasteiger partial charge is 0.339 e. The molecule has 1 aliphatic heterocycles. The van der Waals surface area contributed by atoms with Crippen LogP contribution in [-0.2, 0) is 9.47 Å². The lowest BCUT2D eigenvalue weighted by Crippen LogP contribution is -2.13. The normalized spacial score (nSPS) is 21.4. The van der Waals surface area contributed by atoms with Crippen molar-refractivity contribution in [3.8, 4) is 0 Å². The van der Waals surface area contributed by atoms with Crippen LogP contribution < -0.4 is 0 Å². The zero-order valence-electron chi connectivity index (χ0n) is 12.8. The summed E-state index contributed by atoms with van der Waals surface area (Å²) in [6.45, 7) is 5.77. The molecule has 116 valence electrons. The molecule has 0 saturated carbocycles. The minimum absolute atomic E-state index is 0.0291. The van der Waals surface area contributed by atoms with E-state index in [9.17, 15) is 4.79 Å². The summed E-state index contributed by atoms with van der Waals surface area (Å²) >= 11 is 1.73. The third-order valence-corrected chi connectivity index (χ3v) is 4.93. The number of carbonyl (C=O) groups is 1. The highest BCUT2D eigenvalue weighted by atomic mass is 32.2. The molecule has 2 unspecified atom stereocenters. The summed E-state index contributed by atoms with van der Waals surface area (Å²) in [5.74, 6) is -0.222. The molecule has 2 atom stereocenters. The third-order valence-electron chi connectivity index (χ3n) is 3.54. The van der Waals surface area contributed by atoms with Crippen LogP contribution in [0.5, 0.6) is 0 Å². The van der Waals surface area contributed by atoms with Gasteiger partial charge < -0.3 is 9.47 Å². The summed E-state index contributed by atoms with van der Waals surface area (Å²) in [7, 11) is 0. The van der Waals surface area contributed by atoms with Crippen molar-refractivity contribution in [3.05, 3.63) is 35.4 Å². The van der Waals surface area contributed by atoms with Crippen LogP contribution >= 0.6 is 11.8 Å². The van der Waals surface area contributed by atoms with Crippen LogP contribution in [0.3, 0.4) is 0 Å². The maximum absolute atomic E-state index is 12.1. The van der Waals surface area contributed by atoms with Crippen molar-refractivity contribution in [1.82, 2.24) is 0 Å². The summed E-state index contributed by atoms with van der Waals surface area (Å²) in [6.07, 6.45) is 4.25. The van der Waals surface area contributed by atoms with E-state index in [1.54, 1.807) is 11.8 Å². The van der Waals surface area contributed by atoms with Crippen molar-refractivity contribution < 1.29 is 14.3 Å². The zero-order valence-corrected chi connectivity index (χ0v) is 13.7. The van der Waals surface area contributed by atoms with Crippen molar-refractivity contribution in [2.75, 3.05) is 13.2 Å². The monoisotopic (exact) mass is 308 g/mol. The van der Waals surface area contributed by atoms with Gasteiger partial charge >= 0.3 is 5.97 Å². The molecule has 0 amide bonds. The number of benzene rings is 1. The van der Waals surface area contributed by atoms with Crippen LogP contribution in [0.4, 0.5) is 0 Å². The van der Waals surface area contributed by atoms with E-state index in [0.29, 0.717) is 10.8 Å². The molecule has 1 aromatic rings. The van der Waals surface area contributed by atoms with Gasteiger partial charge in [0.1, 0.15) is 5.44 Å². The fourth-order valence-electron chi connectivity index (χ4n) is 2.22. The van der Waals surface area contributed by atoms with Gasteiger partial charge in [-0.2, -0.15) is 0 Å². The number of rotatable bonds is 7. The van der Waals surface area contributed by atoms with Gasteiger partial charge in [-0.25, -0.2) is 4.79 Å². The molecule has 1 aromatic carbocycles. The Morgan fingerprint density at radius 1 is 1.29 bits per heavy atom. The maximum atomic E-state index is 12.1. The predicted octanol–water partition coefficient (Wildman–Crippen LogP) is 4.19. The zero-order chi connectivity index (χ0) is 15.1. The van der Waals surface area contributed by atoms with E-state index in [1.165, 1.54) is 0 Å². The molecule has 1 fully saturated rings. The summed E-state index contributed by atoms with van der Waals surface area (Å²) in [4.78, 5) is 12.1. The quantitative estimate of drug-likeness (QED) is 0.559. The predicted molar refractivity (Wildman–Crippen MR) is 86.7 cm³/mol. The average Bonchev–Trinajstić information content (AvgIpc) is 2.92. The Labute approximate surface area is 131 Å². The van der Waals surface area contributed by atoms with Gasteiger partial charge in [-0.15, -0.1) is 11.8 Å². The molecule has 3 nitrogen and oxygen atoms in total. The van der Waals surface area contributed by atoms with Gasteiger partial charge in [-0.3, -0.25) is 0 Å². The third kappa shape index (κ3) is 5.36. The highest BCUT2D eigenvalue weighted by Crippen LogP contribution is 2.35. The van der Waals surface area contributed by atoms with Crippen LogP contribution in [0.25, 0.3) is 0 Å². The first-order chi connectivity index (χ1) is 10.2. The van der Waals surface area contributed by atoms with E-state index in [2.05, 4.69) is 6.92 Å². The molecule has 2 rings (SSSR count). The first-order valence-corrected chi connectivity index (χ1v) is 8.64. The number of hydrogen-bond donors (Lipinski definition) is 0. The van der Waals surface area contributed by atoms with Gasteiger partial charge in [0.2, 0.25) is 0 Å². The minimum atomic E-state index is -0.222. The van der Waals surface area contributed by atoms with Gasteiger partial charge in [0.15, 0.2) is 0 Å². The van der Waals surface area contributed by atoms with Gasteiger partial charge in [0.05, 0.1) is 12.2 Å². The molecule has 1 aliphatic rings. The Balaban J connectivity index is 1.72. The van der Waals surface area contributed by atoms with E-state index in [0.717, 1.165) is 44.5 Å². The molecule has 0 spiro atoms. The molecule has 4 heteroatoms. The number of hydrogen-bond acceptors (Lipinski definition) is 4. The largest absolute Gasteiger partial charge is 0.448 e. The summed E-state index contributed by atoms with van der Waals surface area (Å²) in [6, 6.07) is 7.51. The lowest BCUT2D eigenvalue weighted by molar-refractivity contribution is 0.0456. The topological polar surface area (TPSA) is 35.5 Å². The average molecular weight is 308 g/mol. The first-order valence-electron chi connectivity index (χ1n) is 7.70. The van der Waals surface area contributed by atoms with Gasteiger partial charge in [0.25, 0.3) is 0 Å². The summed E-state index contributed by atoms with van der Waals surface area (Å²) in [5, 5.41) is 0.456. The molecule has 0 aliphatic carbocycles. The van der Waals surface area contributed by atoms with E-state index in [4.69, 9.17) is 9.47 Å². The molecule has 21 heavy (non-hydrogen) atoms. The van der Waals surface area contributed by atoms with E-state index >= 15 is 0 Å². The van der Waals surface area contributed by atoms with Crippen molar-refractivity contribution in [2.45, 2.75) is 50.2 Å². The Hall–Kier alpha value is -1.00. The Bertz CT molecular complexity index is 444. The van der Waals surface area contributed by atoms with Crippen LogP contribution in [0.2, 0.25) is 0 Å². The van der Waals surface area contributed by atoms with Crippen LogP contribution in [0.1, 0.15) is 48.5 Å². The molecule has 0 N–H and O–H groups in total. The number of carbonyl (C=O) groups excluding carboxylic acids is 1. The van der Waals surface area contributed by atoms with Gasteiger partial charge in [-0.1, -0.05) is 31.0 Å². The Kier molecular flexibility index (Phi) is 6.58. The van der Waals surface area contributed by atoms with Crippen molar-refractivity contribution in [2.24, 2.45) is 0 Å². The second-order valence-corrected chi connectivity index (χ2v) is 6.93. The standard InChI is InChI=1S/C17H24O3S/c1-3-4-11-19-12-15-9-10-16(21-15)20-17(18)14-7-5-13(2)6-8-14/h5-8,15-16H,3-4,9-12H2,1-2H3. The van der Waals surface area contributed by atoms with E-state index < -0.39 is 0 Å². The first kappa shape index (κ1) is 16.4. The highest BCUT2D eigenvalue weighted by Gasteiger charge is 2.28. The number of thioether (sulfide) groups is 1. The molecule has 0 aromatic heterocycles. The Morgan fingerprint density at radius 3 is 2.76 bits per heavy atom. The molecule has 1 saturated heterocycles. The molecular weight excluding hydrogens is 284 g/mol. The number of esters is 1. The Morgan fingerprint density at radius 2 is 2.05 bits per heavy atom. The molecule has 1 heterocycles. The van der Waals surface area contributed by atoms with Crippen molar-refractivity contribution in [3.63, 3.8) is 0 Å². The fraction of sp³-hybridized carbons (Fsp3) is 0.588. The van der Waals surface area contributed by atoms with E-state index in [1.807, 2.05) is 31.2 Å². The van der Waals surface area contributed by atoms with Crippen LogP contribution in [0, 0.1) is 6.92 Å². The van der Waals surface area contributed by atoms with Gasteiger partial charge in [0, 0.05) is 11.9 Å². The van der Waals surface area contributed by atoms with E-state index in [-0.39, 0.29) is 11.4 Å². The van der Waals surface area contributed by atoms with Crippen molar-refractivity contribution in [1.29, 1.82) is 0 Å². The molecule has 0 bridgehead atoms. The highest BCUT2D eigenvalue weighted by molar-refractivity contribution is 8.00. The number of ether oxygens (including phenoxy) is 2. The number of unbranched alkanes of at least 4 members (excludes halogenated alkanes) is 1. The summed E-state index contributed by atoms with van der Waals surface area (Å²) in [5.41, 5.74) is 1.74. The van der Waals surface area contributed by atoms with Crippen molar-refractivity contribution >= 4 is 17.7 Å². The molecule has 0 radical (unpaired) electrons. The SMILES string of the molecule is CCCCOCC1CCC(OC(=O)c2ccc(C)cc2)S1. The second-order valence-electron chi connectivity index (χ2n) is 5.46. The van der Waals surface area contributed by atoms with Crippen LogP contribution in [-0.4, -0.2) is 29.9 Å². The maximum Gasteiger partial charge on any atom is 0.339 e. The van der Waals surface area contributed by atoms with Crippen LogP contribution in [0.15, 0.2) is 24.3 Å². The summed E-state index contributed by atoms with van der Waals surface area (Å²) < 4.78 is 11.2.